The summed E-state index contributed by atoms with van der Waals surface area (Å²) in [5.74, 6) is -1.57. The van der Waals surface area contributed by atoms with Crippen LogP contribution < -0.4 is 5.32 Å². The van der Waals surface area contributed by atoms with Crippen molar-refractivity contribution >= 4 is 17.7 Å². The number of anilines is 1. The van der Waals surface area contributed by atoms with E-state index in [-0.39, 0.29) is 11.3 Å². The van der Waals surface area contributed by atoms with Crippen molar-refractivity contribution in [2.45, 2.75) is 39.0 Å². The van der Waals surface area contributed by atoms with Gasteiger partial charge in [-0.15, -0.1) is 0 Å². The largest absolute Gasteiger partial charge is 0.481 e. The van der Waals surface area contributed by atoms with Gasteiger partial charge < -0.3 is 14.9 Å². The Kier molecular flexibility index (Phi) is 4.16. The standard InChI is InChI=1S/C15H20N2O4/c1-15(2,3)11-8-12(17-21-11)16-13(18)9-6-4-5-7-10(9)14(19)20/h4-5,8-10H,6-7H2,1-3H3,(H,19,20)(H,16,17,18). The van der Waals surface area contributed by atoms with Gasteiger partial charge in [-0.05, 0) is 12.8 Å². The number of hydrogen-bond donors (Lipinski definition) is 2. The molecule has 0 bridgehead atoms. The maximum Gasteiger partial charge on any atom is 0.307 e. The molecule has 114 valence electrons. The lowest BCUT2D eigenvalue weighted by molar-refractivity contribution is -0.146. The number of carboxylic acids is 1. The quantitative estimate of drug-likeness (QED) is 0.835. The molecule has 1 aliphatic rings. The van der Waals surface area contributed by atoms with E-state index in [4.69, 9.17) is 4.52 Å². The molecule has 0 aromatic carbocycles. The molecule has 0 spiro atoms. The Morgan fingerprint density at radius 1 is 1.29 bits per heavy atom. The summed E-state index contributed by atoms with van der Waals surface area (Å²) in [7, 11) is 0. The summed E-state index contributed by atoms with van der Waals surface area (Å²) in [5, 5.41) is 15.6. The van der Waals surface area contributed by atoms with Crippen LogP contribution in [-0.2, 0) is 15.0 Å². The Labute approximate surface area is 123 Å². The molecule has 0 fully saturated rings. The molecule has 0 aliphatic heterocycles. The number of nitrogens with one attached hydrogen (secondary N) is 1. The van der Waals surface area contributed by atoms with Crippen LogP contribution in [0.4, 0.5) is 5.82 Å². The molecule has 1 amide bonds. The molecule has 1 aromatic rings. The lowest BCUT2D eigenvalue weighted by Gasteiger charge is -2.23. The predicted molar refractivity (Wildman–Crippen MR) is 76.8 cm³/mol. The zero-order chi connectivity index (χ0) is 15.6. The van der Waals surface area contributed by atoms with Crippen molar-refractivity contribution < 1.29 is 19.2 Å². The smallest absolute Gasteiger partial charge is 0.307 e. The zero-order valence-corrected chi connectivity index (χ0v) is 12.4. The minimum atomic E-state index is -0.949. The first kappa shape index (κ1) is 15.3. The summed E-state index contributed by atoms with van der Waals surface area (Å²) >= 11 is 0. The van der Waals surface area contributed by atoms with Crippen molar-refractivity contribution in [1.29, 1.82) is 0 Å². The normalized spacial score (nSPS) is 22.0. The van der Waals surface area contributed by atoms with Gasteiger partial charge in [0, 0.05) is 11.5 Å². The highest BCUT2D eigenvalue weighted by Gasteiger charge is 2.34. The maximum absolute atomic E-state index is 12.3. The summed E-state index contributed by atoms with van der Waals surface area (Å²) < 4.78 is 5.20. The number of nitrogens with zero attached hydrogens (tertiary/aromatic N) is 1. The maximum atomic E-state index is 12.3. The monoisotopic (exact) mass is 292 g/mol. The predicted octanol–water partition coefficient (Wildman–Crippen LogP) is 2.58. The van der Waals surface area contributed by atoms with E-state index in [1.165, 1.54) is 0 Å². The van der Waals surface area contributed by atoms with Crippen molar-refractivity contribution in [2.24, 2.45) is 11.8 Å². The average Bonchev–Trinajstić information content (AvgIpc) is 2.87. The third-order valence-corrected chi connectivity index (χ3v) is 3.59. The van der Waals surface area contributed by atoms with Crippen LogP contribution in [0.25, 0.3) is 0 Å². The van der Waals surface area contributed by atoms with Gasteiger partial charge in [0.15, 0.2) is 5.82 Å². The van der Waals surface area contributed by atoms with E-state index in [9.17, 15) is 14.7 Å². The van der Waals surface area contributed by atoms with Crippen LogP contribution in [0, 0.1) is 11.8 Å². The van der Waals surface area contributed by atoms with Gasteiger partial charge in [0.2, 0.25) is 5.91 Å². The SMILES string of the molecule is CC(C)(C)c1cc(NC(=O)C2CC=CCC2C(=O)O)no1. The first-order chi connectivity index (χ1) is 9.79. The first-order valence-electron chi connectivity index (χ1n) is 6.95. The molecule has 0 radical (unpaired) electrons. The zero-order valence-electron chi connectivity index (χ0n) is 12.4. The number of carboxylic acid groups (broad SMARTS) is 1. The molecule has 2 unspecified atom stereocenters. The second-order valence-electron chi connectivity index (χ2n) is 6.31. The Balaban J connectivity index is 2.08. The molecule has 21 heavy (non-hydrogen) atoms. The van der Waals surface area contributed by atoms with Crippen LogP contribution >= 0.6 is 0 Å². The summed E-state index contributed by atoms with van der Waals surface area (Å²) in [6.45, 7) is 5.93. The van der Waals surface area contributed by atoms with Gasteiger partial charge in [0.1, 0.15) is 5.76 Å². The van der Waals surface area contributed by atoms with E-state index < -0.39 is 17.8 Å². The summed E-state index contributed by atoms with van der Waals surface area (Å²) in [6.07, 6.45) is 4.44. The third-order valence-electron chi connectivity index (χ3n) is 3.59. The minimum Gasteiger partial charge on any atom is -0.481 e. The van der Waals surface area contributed by atoms with Crippen LogP contribution in [-0.4, -0.2) is 22.1 Å². The fourth-order valence-corrected chi connectivity index (χ4v) is 2.28. The van der Waals surface area contributed by atoms with Gasteiger partial charge in [0.25, 0.3) is 0 Å². The van der Waals surface area contributed by atoms with E-state index in [2.05, 4.69) is 10.5 Å². The molecular formula is C15H20N2O4. The lowest BCUT2D eigenvalue weighted by Crippen LogP contribution is -2.34. The number of hydrogen-bond acceptors (Lipinski definition) is 4. The van der Waals surface area contributed by atoms with E-state index in [0.717, 1.165) is 0 Å². The topological polar surface area (TPSA) is 92.4 Å². The number of carbonyl (C=O) groups excluding carboxylic acids is 1. The molecule has 2 N–H and O–H groups in total. The lowest BCUT2D eigenvalue weighted by atomic mass is 9.82. The van der Waals surface area contributed by atoms with Gasteiger partial charge in [-0.3, -0.25) is 9.59 Å². The first-order valence-corrected chi connectivity index (χ1v) is 6.95. The second-order valence-corrected chi connectivity index (χ2v) is 6.31. The molecule has 1 heterocycles. The van der Waals surface area contributed by atoms with Crippen LogP contribution in [0.5, 0.6) is 0 Å². The fourth-order valence-electron chi connectivity index (χ4n) is 2.28. The van der Waals surface area contributed by atoms with Crippen molar-refractivity contribution in [3.63, 3.8) is 0 Å². The minimum absolute atomic E-state index is 0.201. The number of aliphatic carboxylic acids is 1. The van der Waals surface area contributed by atoms with Crippen LogP contribution in [0.3, 0.4) is 0 Å². The highest BCUT2D eigenvalue weighted by Crippen LogP contribution is 2.28. The molecule has 1 aliphatic carbocycles. The molecule has 1 aromatic heterocycles. The van der Waals surface area contributed by atoms with Crippen molar-refractivity contribution in [2.75, 3.05) is 5.32 Å². The Bertz CT molecular complexity index is 568. The number of aromatic nitrogens is 1. The number of rotatable bonds is 3. The number of carbonyl (C=O) groups is 2. The third kappa shape index (κ3) is 3.51. The number of amides is 1. The summed E-state index contributed by atoms with van der Waals surface area (Å²) in [6, 6.07) is 1.67. The second kappa shape index (κ2) is 5.71. The average molecular weight is 292 g/mol. The fraction of sp³-hybridized carbons (Fsp3) is 0.533. The summed E-state index contributed by atoms with van der Waals surface area (Å²) in [5.41, 5.74) is -0.201. The number of allylic oxidation sites excluding steroid dienone is 2. The van der Waals surface area contributed by atoms with E-state index in [1.54, 1.807) is 12.1 Å². The molecule has 0 saturated heterocycles. The van der Waals surface area contributed by atoms with Gasteiger partial charge in [-0.1, -0.05) is 38.1 Å². The van der Waals surface area contributed by atoms with Gasteiger partial charge >= 0.3 is 5.97 Å². The molecule has 2 rings (SSSR count). The molecule has 6 heteroatoms. The van der Waals surface area contributed by atoms with Crippen LogP contribution in [0.2, 0.25) is 0 Å². The van der Waals surface area contributed by atoms with Gasteiger partial charge in [-0.25, -0.2) is 0 Å². The van der Waals surface area contributed by atoms with E-state index in [0.29, 0.717) is 24.4 Å². The van der Waals surface area contributed by atoms with Gasteiger partial charge in [-0.2, -0.15) is 0 Å². The highest BCUT2D eigenvalue weighted by molar-refractivity contribution is 5.94. The Morgan fingerprint density at radius 2 is 1.90 bits per heavy atom. The molecule has 0 saturated carbocycles. The van der Waals surface area contributed by atoms with Crippen LogP contribution in [0.15, 0.2) is 22.7 Å². The summed E-state index contributed by atoms with van der Waals surface area (Å²) in [4.78, 5) is 23.5. The van der Waals surface area contributed by atoms with Crippen molar-refractivity contribution in [3.05, 3.63) is 24.0 Å². The Morgan fingerprint density at radius 3 is 2.43 bits per heavy atom. The highest BCUT2D eigenvalue weighted by atomic mass is 16.5. The van der Waals surface area contributed by atoms with Crippen molar-refractivity contribution in [3.8, 4) is 0 Å². The van der Waals surface area contributed by atoms with E-state index in [1.807, 2.05) is 26.8 Å². The molecule has 6 nitrogen and oxygen atoms in total. The van der Waals surface area contributed by atoms with Gasteiger partial charge in [0.05, 0.1) is 11.8 Å². The van der Waals surface area contributed by atoms with Crippen LogP contribution in [0.1, 0.15) is 39.4 Å². The molecule has 2 atom stereocenters. The molecular weight excluding hydrogens is 272 g/mol. The Hall–Kier alpha value is -2.11. The van der Waals surface area contributed by atoms with E-state index >= 15 is 0 Å². The van der Waals surface area contributed by atoms with Crippen molar-refractivity contribution in [1.82, 2.24) is 5.16 Å².